The summed E-state index contributed by atoms with van der Waals surface area (Å²) in [6.45, 7) is 0.144. The smallest absolute Gasteiger partial charge is 0.0594 e. The summed E-state index contributed by atoms with van der Waals surface area (Å²) in [6, 6.07) is 18.2. The lowest BCUT2D eigenvalue weighted by Gasteiger charge is -2.14. The van der Waals surface area contributed by atoms with Crippen molar-refractivity contribution in [1.29, 1.82) is 0 Å². The number of aliphatic hydroxyl groups excluding tert-OH is 1. The summed E-state index contributed by atoms with van der Waals surface area (Å²) in [4.78, 5) is 1.16. The second-order valence-corrected chi connectivity index (χ2v) is 5.85. The minimum atomic E-state index is 0.0948. The van der Waals surface area contributed by atoms with Crippen LogP contribution in [0.1, 0.15) is 10.8 Å². The number of halogens is 1. The van der Waals surface area contributed by atoms with Crippen LogP contribution in [0.2, 0.25) is 0 Å². The standard InChI is InChI=1S/C14H13BrOS/c15-12-6-8-13(9-7-12)17-14(10-16)11-4-2-1-3-5-11/h1-9,14,16H,10H2. The monoisotopic (exact) mass is 308 g/mol. The van der Waals surface area contributed by atoms with Crippen molar-refractivity contribution >= 4 is 27.7 Å². The van der Waals surface area contributed by atoms with Gasteiger partial charge in [0, 0.05) is 9.37 Å². The Bertz CT molecular complexity index is 455. The summed E-state index contributed by atoms with van der Waals surface area (Å²) >= 11 is 5.09. The van der Waals surface area contributed by atoms with Gasteiger partial charge < -0.3 is 5.11 Å². The first-order valence-corrected chi connectivity index (χ1v) is 7.05. The average molecular weight is 309 g/mol. The number of thioether (sulfide) groups is 1. The number of hydrogen-bond acceptors (Lipinski definition) is 2. The molecule has 0 radical (unpaired) electrons. The number of aliphatic hydroxyl groups is 1. The maximum Gasteiger partial charge on any atom is 0.0594 e. The van der Waals surface area contributed by atoms with Gasteiger partial charge in [0.2, 0.25) is 0 Å². The van der Waals surface area contributed by atoms with E-state index in [9.17, 15) is 5.11 Å². The molecule has 0 fully saturated rings. The third-order valence-electron chi connectivity index (χ3n) is 2.43. The Morgan fingerprint density at radius 2 is 1.65 bits per heavy atom. The lowest BCUT2D eigenvalue weighted by molar-refractivity contribution is 0.296. The van der Waals surface area contributed by atoms with E-state index in [4.69, 9.17) is 0 Å². The first kappa shape index (κ1) is 12.7. The van der Waals surface area contributed by atoms with Crippen LogP contribution in [0.25, 0.3) is 0 Å². The fourth-order valence-electron chi connectivity index (χ4n) is 1.56. The predicted octanol–water partition coefficient (Wildman–Crippen LogP) is 4.27. The minimum absolute atomic E-state index is 0.0948. The number of hydrogen-bond donors (Lipinski definition) is 1. The molecule has 0 bridgehead atoms. The molecule has 1 unspecified atom stereocenters. The van der Waals surface area contributed by atoms with E-state index in [0.29, 0.717) is 0 Å². The van der Waals surface area contributed by atoms with Crippen molar-refractivity contribution in [3.8, 4) is 0 Å². The maximum atomic E-state index is 9.47. The van der Waals surface area contributed by atoms with Crippen molar-refractivity contribution in [3.05, 3.63) is 64.6 Å². The molecule has 0 aromatic heterocycles. The fraction of sp³-hybridized carbons (Fsp3) is 0.143. The molecule has 3 heteroatoms. The fourth-order valence-corrected chi connectivity index (χ4v) is 2.81. The lowest BCUT2D eigenvalue weighted by atomic mass is 10.2. The van der Waals surface area contributed by atoms with Gasteiger partial charge in [0.1, 0.15) is 0 Å². The van der Waals surface area contributed by atoms with E-state index in [1.165, 1.54) is 0 Å². The molecule has 2 rings (SSSR count). The van der Waals surface area contributed by atoms with Crippen molar-refractivity contribution in [2.45, 2.75) is 10.1 Å². The van der Waals surface area contributed by atoms with Gasteiger partial charge in [0.05, 0.1) is 11.9 Å². The van der Waals surface area contributed by atoms with Gasteiger partial charge >= 0.3 is 0 Å². The average Bonchev–Trinajstić information content (AvgIpc) is 2.39. The first-order chi connectivity index (χ1) is 8.29. The van der Waals surface area contributed by atoms with Crippen molar-refractivity contribution < 1.29 is 5.11 Å². The Morgan fingerprint density at radius 3 is 2.24 bits per heavy atom. The largest absolute Gasteiger partial charge is 0.395 e. The molecule has 0 amide bonds. The summed E-state index contributed by atoms with van der Waals surface area (Å²) in [7, 11) is 0. The van der Waals surface area contributed by atoms with Crippen LogP contribution in [0.3, 0.4) is 0 Å². The summed E-state index contributed by atoms with van der Waals surface area (Å²) in [5.74, 6) is 0. The second kappa shape index (κ2) is 6.24. The summed E-state index contributed by atoms with van der Waals surface area (Å²) in [6.07, 6.45) is 0. The van der Waals surface area contributed by atoms with Crippen molar-refractivity contribution in [3.63, 3.8) is 0 Å². The molecule has 17 heavy (non-hydrogen) atoms. The molecule has 88 valence electrons. The molecule has 2 aromatic carbocycles. The molecular formula is C14H13BrOS. The van der Waals surface area contributed by atoms with Gasteiger partial charge in [-0.05, 0) is 29.8 Å². The van der Waals surface area contributed by atoms with E-state index >= 15 is 0 Å². The highest BCUT2D eigenvalue weighted by molar-refractivity contribution is 9.10. The van der Waals surface area contributed by atoms with E-state index in [1.54, 1.807) is 11.8 Å². The van der Waals surface area contributed by atoms with Crippen LogP contribution in [-0.4, -0.2) is 11.7 Å². The molecule has 0 saturated carbocycles. The zero-order valence-electron chi connectivity index (χ0n) is 9.21. The normalized spacial score (nSPS) is 12.4. The highest BCUT2D eigenvalue weighted by Crippen LogP contribution is 2.35. The Hall–Kier alpha value is -0.770. The molecule has 0 saturated heterocycles. The van der Waals surface area contributed by atoms with Gasteiger partial charge in [-0.3, -0.25) is 0 Å². The van der Waals surface area contributed by atoms with E-state index in [2.05, 4.69) is 28.1 Å². The van der Waals surface area contributed by atoms with Gasteiger partial charge in [0.25, 0.3) is 0 Å². The van der Waals surface area contributed by atoms with Crippen LogP contribution >= 0.6 is 27.7 Å². The summed E-state index contributed by atoms with van der Waals surface area (Å²) in [5.41, 5.74) is 1.16. The highest BCUT2D eigenvalue weighted by atomic mass is 79.9. The maximum absolute atomic E-state index is 9.47. The van der Waals surface area contributed by atoms with E-state index in [-0.39, 0.29) is 11.9 Å². The topological polar surface area (TPSA) is 20.2 Å². The molecule has 0 aliphatic heterocycles. The van der Waals surface area contributed by atoms with Crippen LogP contribution in [0.15, 0.2) is 64.0 Å². The number of rotatable bonds is 4. The summed E-state index contributed by atoms with van der Waals surface area (Å²) < 4.78 is 1.07. The van der Waals surface area contributed by atoms with Crippen molar-refractivity contribution in [2.24, 2.45) is 0 Å². The molecule has 1 nitrogen and oxygen atoms in total. The predicted molar refractivity (Wildman–Crippen MR) is 76.3 cm³/mol. The highest BCUT2D eigenvalue weighted by Gasteiger charge is 2.11. The SMILES string of the molecule is OCC(Sc1ccc(Br)cc1)c1ccccc1. The quantitative estimate of drug-likeness (QED) is 0.851. The van der Waals surface area contributed by atoms with Crippen molar-refractivity contribution in [2.75, 3.05) is 6.61 Å². The van der Waals surface area contributed by atoms with Crippen LogP contribution in [0, 0.1) is 0 Å². The molecule has 2 aromatic rings. The minimum Gasteiger partial charge on any atom is -0.395 e. The third kappa shape index (κ3) is 3.60. The van der Waals surface area contributed by atoms with Gasteiger partial charge in [-0.2, -0.15) is 0 Å². The number of benzene rings is 2. The second-order valence-electron chi connectivity index (χ2n) is 3.65. The molecule has 0 aliphatic carbocycles. The Morgan fingerprint density at radius 1 is 1.00 bits per heavy atom. The first-order valence-electron chi connectivity index (χ1n) is 5.37. The third-order valence-corrected chi connectivity index (χ3v) is 4.21. The zero-order chi connectivity index (χ0) is 12.1. The van der Waals surface area contributed by atoms with Crippen LogP contribution in [-0.2, 0) is 0 Å². The molecule has 1 N–H and O–H groups in total. The molecule has 0 aliphatic rings. The Balaban J connectivity index is 2.13. The van der Waals surface area contributed by atoms with E-state index < -0.39 is 0 Å². The van der Waals surface area contributed by atoms with Gasteiger partial charge in [-0.25, -0.2) is 0 Å². The lowest BCUT2D eigenvalue weighted by Crippen LogP contribution is -1.99. The van der Waals surface area contributed by atoms with E-state index in [0.717, 1.165) is 14.9 Å². The van der Waals surface area contributed by atoms with Crippen LogP contribution in [0.5, 0.6) is 0 Å². The Kier molecular flexibility index (Phi) is 4.66. The van der Waals surface area contributed by atoms with Crippen LogP contribution < -0.4 is 0 Å². The Labute approximate surface area is 114 Å². The van der Waals surface area contributed by atoms with Crippen molar-refractivity contribution in [1.82, 2.24) is 0 Å². The van der Waals surface area contributed by atoms with E-state index in [1.807, 2.05) is 42.5 Å². The summed E-state index contributed by atoms with van der Waals surface area (Å²) in [5, 5.41) is 9.56. The molecule has 1 atom stereocenters. The zero-order valence-corrected chi connectivity index (χ0v) is 11.6. The van der Waals surface area contributed by atoms with Gasteiger partial charge in [0.15, 0.2) is 0 Å². The van der Waals surface area contributed by atoms with Gasteiger partial charge in [-0.15, -0.1) is 11.8 Å². The molecular weight excluding hydrogens is 296 g/mol. The van der Waals surface area contributed by atoms with Crippen LogP contribution in [0.4, 0.5) is 0 Å². The van der Waals surface area contributed by atoms with Gasteiger partial charge in [-0.1, -0.05) is 46.3 Å². The molecule has 0 spiro atoms. The molecule has 0 heterocycles.